The van der Waals surface area contributed by atoms with Gasteiger partial charge in [-0.25, -0.2) is 13.1 Å². The fourth-order valence-corrected chi connectivity index (χ4v) is 3.22. The van der Waals surface area contributed by atoms with Crippen molar-refractivity contribution in [2.75, 3.05) is 17.8 Å². The van der Waals surface area contributed by atoms with E-state index in [0.29, 0.717) is 28.2 Å². The van der Waals surface area contributed by atoms with E-state index in [2.05, 4.69) is 25.7 Å². The Bertz CT molecular complexity index is 1060. The minimum atomic E-state index is -3.52. The Hall–Kier alpha value is -3.24. The highest BCUT2D eigenvalue weighted by Crippen LogP contribution is 2.25. The molecule has 0 aliphatic carbocycles. The second kappa shape index (κ2) is 7.17. The highest BCUT2D eigenvalue weighted by molar-refractivity contribution is 7.89. The van der Waals surface area contributed by atoms with Crippen molar-refractivity contribution in [1.29, 1.82) is 0 Å². The van der Waals surface area contributed by atoms with Crippen LogP contribution >= 0.6 is 0 Å². The fraction of sp³-hybridized carbons (Fsp3) is 0.118. The zero-order valence-electron chi connectivity index (χ0n) is 14.5. The van der Waals surface area contributed by atoms with E-state index >= 15 is 0 Å². The van der Waals surface area contributed by atoms with Crippen molar-refractivity contribution in [2.45, 2.75) is 11.8 Å². The van der Waals surface area contributed by atoms with E-state index < -0.39 is 10.0 Å². The molecule has 3 rings (SSSR count). The summed E-state index contributed by atoms with van der Waals surface area (Å²) in [5.74, 6) is -0.373. The Kier molecular flexibility index (Phi) is 4.93. The van der Waals surface area contributed by atoms with Gasteiger partial charge in [0.2, 0.25) is 10.0 Å². The summed E-state index contributed by atoms with van der Waals surface area (Å²) in [6.07, 6.45) is 0. The van der Waals surface area contributed by atoms with Crippen LogP contribution in [0.15, 0.2) is 57.6 Å². The lowest BCUT2D eigenvalue weighted by Gasteiger charge is -2.05. The van der Waals surface area contributed by atoms with Gasteiger partial charge in [-0.05, 0) is 55.9 Å². The van der Waals surface area contributed by atoms with Crippen LogP contribution in [0.2, 0.25) is 0 Å². The van der Waals surface area contributed by atoms with Gasteiger partial charge in [-0.2, -0.15) is 5.10 Å². The van der Waals surface area contributed by atoms with Crippen LogP contribution in [0.1, 0.15) is 18.1 Å². The Morgan fingerprint density at radius 2 is 1.85 bits per heavy atom. The van der Waals surface area contributed by atoms with Crippen molar-refractivity contribution in [3.05, 3.63) is 53.6 Å². The SMILES string of the molecule is CNS(=O)(=O)c1ccc(NN=C2C(=O)Nc3ccc(C(C)=NO)cc32)cc1. The van der Waals surface area contributed by atoms with Crippen molar-refractivity contribution in [3.8, 4) is 0 Å². The minimum Gasteiger partial charge on any atom is -0.411 e. The van der Waals surface area contributed by atoms with E-state index in [4.69, 9.17) is 5.21 Å². The van der Waals surface area contributed by atoms with E-state index in [1.807, 2.05) is 0 Å². The number of sulfonamides is 1. The molecule has 1 amide bonds. The number of oxime groups is 1. The Labute approximate surface area is 155 Å². The minimum absolute atomic E-state index is 0.121. The van der Waals surface area contributed by atoms with Gasteiger partial charge in [0.15, 0.2) is 5.71 Å². The van der Waals surface area contributed by atoms with Crippen molar-refractivity contribution in [2.24, 2.45) is 10.3 Å². The van der Waals surface area contributed by atoms with Crippen LogP contribution in [-0.2, 0) is 14.8 Å². The quantitative estimate of drug-likeness (QED) is 0.351. The molecule has 1 aliphatic rings. The predicted molar refractivity (Wildman–Crippen MR) is 102 cm³/mol. The lowest BCUT2D eigenvalue weighted by molar-refractivity contribution is -0.110. The maximum Gasteiger partial charge on any atom is 0.276 e. The first kappa shape index (κ1) is 18.5. The van der Waals surface area contributed by atoms with Crippen molar-refractivity contribution >= 4 is 38.7 Å². The molecular weight excluding hydrogens is 370 g/mol. The normalized spacial score (nSPS) is 15.6. The van der Waals surface area contributed by atoms with E-state index in [1.54, 1.807) is 37.3 Å². The smallest absolute Gasteiger partial charge is 0.276 e. The van der Waals surface area contributed by atoms with Gasteiger partial charge in [-0.1, -0.05) is 11.2 Å². The van der Waals surface area contributed by atoms with Crippen LogP contribution < -0.4 is 15.5 Å². The highest BCUT2D eigenvalue weighted by Gasteiger charge is 2.26. The van der Waals surface area contributed by atoms with Crippen LogP contribution in [-0.4, -0.2) is 38.0 Å². The monoisotopic (exact) mass is 387 g/mol. The number of carbonyl (C=O) groups is 1. The third kappa shape index (κ3) is 3.66. The summed E-state index contributed by atoms with van der Waals surface area (Å²) in [7, 11) is -2.18. The molecule has 2 aromatic carbocycles. The lowest BCUT2D eigenvalue weighted by atomic mass is 10.0. The number of hydrogen-bond acceptors (Lipinski definition) is 7. The third-order valence-electron chi connectivity index (χ3n) is 4.04. The topological polar surface area (TPSA) is 132 Å². The van der Waals surface area contributed by atoms with Crippen LogP contribution in [0.4, 0.5) is 11.4 Å². The molecule has 0 fully saturated rings. The second-order valence-corrected chi connectivity index (χ2v) is 7.59. The molecule has 0 bridgehead atoms. The number of hydrazone groups is 1. The summed E-state index contributed by atoms with van der Waals surface area (Å²) in [5, 5.41) is 18.9. The first-order valence-corrected chi connectivity index (χ1v) is 9.36. The number of nitrogens with one attached hydrogen (secondary N) is 3. The summed E-state index contributed by atoms with van der Waals surface area (Å²) in [4.78, 5) is 12.3. The molecule has 1 heterocycles. The van der Waals surface area contributed by atoms with Gasteiger partial charge in [0.05, 0.1) is 22.0 Å². The molecule has 0 radical (unpaired) electrons. The van der Waals surface area contributed by atoms with Gasteiger partial charge in [0.1, 0.15) is 0 Å². The summed E-state index contributed by atoms with van der Waals surface area (Å²) in [6, 6.07) is 11.1. The average molecular weight is 387 g/mol. The zero-order chi connectivity index (χ0) is 19.6. The fourth-order valence-electron chi connectivity index (χ4n) is 2.49. The molecule has 0 aromatic heterocycles. The van der Waals surface area contributed by atoms with Gasteiger partial charge >= 0.3 is 0 Å². The van der Waals surface area contributed by atoms with Gasteiger partial charge < -0.3 is 10.5 Å². The van der Waals surface area contributed by atoms with Gasteiger partial charge in [-0.15, -0.1) is 0 Å². The maximum absolute atomic E-state index is 12.2. The second-order valence-electron chi connectivity index (χ2n) is 5.70. The number of carbonyl (C=O) groups excluding carboxylic acids is 1. The largest absolute Gasteiger partial charge is 0.411 e. The molecule has 140 valence electrons. The molecule has 0 saturated carbocycles. The van der Waals surface area contributed by atoms with E-state index in [0.717, 1.165) is 0 Å². The van der Waals surface area contributed by atoms with Crippen LogP contribution in [0.25, 0.3) is 0 Å². The molecule has 10 heteroatoms. The van der Waals surface area contributed by atoms with E-state index in [-0.39, 0.29) is 16.5 Å². The molecule has 1 aliphatic heterocycles. The Morgan fingerprint density at radius 3 is 2.48 bits per heavy atom. The maximum atomic E-state index is 12.2. The summed E-state index contributed by atoms with van der Waals surface area (Å²) in [6.45, 7) is 1.64. The summed E-state index contributed by atoms with van der Waals surface area (Å²) < 4.78 is 25.7. The number of rotatable bonds is 5. The van der Waals surface area contributed by atoms with Crippen molar-refractivity contribution in [1.82, 2.24) is 4.72 Å². The van der Waals surface area contributed by atoms with Crippen LogP contribution in [0.3, 0.4) is 0 Å². The number of fused-ring (bicyclic) bond motifs is 1. The highest BCUT2D eigenvalue weighted by atomic mass is 32.2. The lowest BCUT2D eigenvalue weighted by Crippen LogP contribution is -2.18. The molecule has 4 N–H and O–H groups in total. The average Bonchev–Trinajstić information content (AvgIpc) is 3.00. The standard InChI is InChI=1S/C17H17N5O4S/c1-10(22-24)11-3-8-15-14(9-11)16(17(23)19-15)21-20-12-4-6-13(7-5-12)27(25,26)18-2/h3-9,18,20,24H,1-2H3,(H,19,21,23). The number of nitrogens with zero attached hydrogens (tertiary/aromatic N) is 2. The number of hydrogen-bond donors (Lipinski definition) is 4. The molecule has 0 spiro atoms. The van der Waals surface area contributed by atoms with Crippen molar-refractivity contribution in [3.63, 3.8) is 0 Å². The van der Waals surface area contributed by atoms with Gasteiger partial charge in [-0.3, -0.25) is 10.2 Å². The van der Waals surface area contributed by atoms with Gasteiger partial charge in [0, 0.05) is 5.56 Å². The molecular formula is C17H17N5O4S. The van der Waals surface area contributed by atoms with Gasteiger partial charge in [0.25, 0.3) is 5.91 Å². The Balaban J connectivity index is 1.88. The predicted octanol–water partition coefficient (Wildman–Crippen LogP) is 1.56. The van der Waals surface area contributed by atoms with E-state index in [9.17, 15) is 13.2 Å². The zero-order valence-corrected chi connectivity index (χ0v) is 15.3. The Morgan fingerprint density at radius 1 is 1.15 bits per heavy atom. The molecule has 0 unspecified atom stereocenters. The molecule has 0 saturated heterocycles. The first-order valence-electron chi connectivity index (χ1n) is 7.88. The number of anilines is 2. The molecule has 2 aromatic rings. The summed E-state index contributed by atoms with van der Waals surface area (Å²) >= 11 is 0. The van der Waals surface area contributed by atoms with Crippen molar-refractivity contribution < 1.29 is 18.4 Å². The molecule has 27 heavy (non-hydrogen) atoms. The molecule has 9 nitrogen and oxygen atoms in total. The third-order valence-corrected chi connectivity index (χ3v) is 5.47. The number of amides is 1. The van der Waals surface area contributed by atoms with Crippen LogP contribution in [0, 0.1) is 0 Å². The number of benzene rings is 2. The summed E-state index contributed by atoms with van der Waals surface area (Å²) in [5.41, 5.74) is 5.67. The van der Waals surface area contributed by atoms with E-state index in [1.165, 1.54) is 19.2 Å². The molecule has 0 atom stereocenters. The first-order chi connectivity index (χ1) is 12.9. The van der Waals surface area contributed by atoms with Crippen LogP contribution in [0.5, 0.6) is 0 Å².